The van der Waals surface area contributed by atoms with Crippen LogP contribution in [-0.2, 0) is 12.8 Å². The molecule has 5 heteroatoms. The summed E-state index contributed by atoms with van der Waals surface area (Å²) in [6.07, 6.45) is 6.39. The number of hydrogen-bond donors (Lipinski definition) is 2. The molecule has 2 aromatic rings. The average Bonchev–Trinajstić information content (AvgIpc) is 2.82. The number of benzene rings is 1. The molecule has 0 unspecified atom stereocenters. The van der Waals surface area contributed by atoms with Crippen LogP contribution in [-0.4, -0.2) is 15.4 Å². The van der Waals surface area contributed by atoms with Gasteiger partial charge in [0.05, 0.1) is 17.0 Å². The van der Waals surface area contributed by atoms with Crippen LogP contribution >= 0.6 is 11.6 Å². The first kappa shape index (κ1) is 12.2. The highest BCUT2D eigenvalue weighted by Crippen LogP contribution is 2.25. The van der Waals surface area contributed by atoms with Gasteiger partial charge in [-0.2, -0.15) is 0 Å². The van der Waals surface area contributed by atoms with Gasteiger partial charge >= 0.3 is 0 Å². The molecule has 3 rings (SSSR count). The van der Waals surface area contributed by atoms with E-state index >= 15 is 0 Å². The minimum absolute atomic E-state index is 0.00999. The Balaban J connectivity index is 2.05. The number of rotatable bonds is 2. The SMILES string of the molecule is N=C(N)c1ccc(-n2cnc3c2CCCC3)cc1Cl. The monoisotopic (exact) mass is 274 g/mol. The molecule has 0 aliphatic heterocycles. The van der Waals surface area contributed by atoms with Crippen molar-refractivity contribution >= 4 is 17.4 Å². The average molecular weight is 275 g/mol. The second-order valence-electron chi connectivity index (χ2n) is 4.79. The summed E-state index contributed by atoms with van der Waals surface area (Å²) in [5, 5.41) is 7.95. The summed E-state index contributed by atoms with van der Waals surface area (Å²) in [5.74, 6) is -0.00999. The molecule has 0 saturated carbocycles. The van der Waals surface area contributed by atoms with Gasteiger partial charge in [-0.3, -0.25) is 5.41 Å². The standard InChI is InChI=1S/C14H15ClN4/c15-11-7-9(5-6-10(11)14(16)17)19-8-18-12-3-1-2-4-13(12)19/h5-8H,1-4H2,(H3,16,17). The zero-order valence-electron chi connectivity index (χ0n) is 10.5. The van der Waals surface area contributed by atoms with Crippen LogP contribution in [0.2, 0.25) is 5.02 Å². The lowest BCUT2D eigenvalue weighted by Crippen LogP contribution is -2.12. The fraction of sp³-hybridized carbons (Fsp3) is 0.286. The number of hydrogen-bond acceptors (Lipinski definition) is 2. The van der Waals surface area contributed by atoms with Crippen molar-refractivity contribution < 1.29 is 0 Å². The van der Waals surface area contributed by atoms with Gasteiger partial charge in [0.15, 0.2) is 0 Å². The number of imidazole rings is 1. The Kier molecular flexibility index (Phi) is 3.03. The smallest absolute Gasteiger partial charge is 0.124 e. The van der Waals surface area contributed by atoms with Crippen LogP contribution in [0, 0.1) is 5.41 Å². The van der Waals surface area contributed by atoms with Crippen molar-refractivity contribution in [2.24, 2.45) is 5.73 Å². The van der Waals surface area contributed by atoms with E-state index in [0.29, 0.717) is 10.6 Å². The van der Waals surface area contributed by atoms with Crippen LogP contribution in [0.4, 0.5) is 0 Å². The zero-order chi connectivity index (χ0) is 13.4. The number of fused-ring (bicyclic) bond motifs is 1. The Labute approximate surface area is 116 Å². The summed E-state index contributed by atoms with van der Waals surface area (Å²) < 4.78 is 2.09. The third-order valence-electron chi connectivity index (χ3n) is 3.55. The summed E-state index contributed by atoms with van der Waals surface area (Å²) in [4.78, 5) is 4.47. The molecule has 0 fully saturated rings. The predicted octanol–water partition coefficient (Wildman–Crippen LogP) is 2.69. The van der Waals surface area contributed by atoms with E-state index in [0.717, 1.165) is 18.5 Å². The normalized spacial score (nSPS) is 14.2. The van der Waals surface area contributed by atoms with Crippen molar-refractivity contribution in [2.75, 3.05) is 0 Å². The first-order chi connectivity index (χ1) is 9.16. The van der Waals surface area contributed by atoms with E-state index in [4.69, 9.17) is 22.7 Å². The molecule has 0 radical (unpaired) electrons. The number of nitrogens with zero attached hydrogens (tertiary/aromatic N) is 2. The Morgan fingerprint density at radius 2 is 2.11 bits per heavy atom. The van der Waals surface area contributed by atoms with Gasteiger partial charge in [-0.1, -0.05) is 11.6 Å². The zero-order valence-corrected chi connectivity index (χ0v) is 11.2. The van der Waals surface area contributed by atoms with Crippen LogP contribution in [0.3, 0.4) is 0 Å². The second-order valence-corrected chi connectivity index (χ2v) is 5.20. The highest BCUT2D eigenvalue weighted by Gasteiger charge is 2.16. The molecule has 1 heterocycles. The van der Waals surface area contributed by atoms with E-state index in [1.165, 1.54) is 24.2 Å². The number of aromatic nitrogens is 2. The first-order valence-corrected chi connectivity index (χ1v) is 6.74. The van der Waals surface area contributed by atoms with Gasteiger partial charge in [0.1, 0.15) is 5.84 Å². The number of halogens is 1. The fourth-order valence-electron chi connectivity index (χ4n) is 2.56. The number of nitrogen functional groups attached to an aromatic ring is 1. The van der Waals surface area contributed by atoms with E-state index < -0.39 is 0 Å². The van der Waals surface area contributed by atoms with Crippen molar-refractivity contribution in [3.63, 3.8) is 0 Å². The van der Waals surface area contributed by atoms with Gasteiger partial charge in [-0.25, -0.2) is 4.98 Å². The van der Waals surface area contributed by atoms with E-state index in [2.05, 4.69) is 9.55 Å². The Morgan fingerprint density at radius 3 is 2.84 bits per heavy atom. The largest absolute Gasteiger partial charge is 0.384 e. The van der Waals surface area contributed by atoms with Gasteiger partial charge in [0, 0.05) is 16.9 Å². The summed E-state index contributed by atoms with van der Waals surface area (Å²) in [7, 11) is 0. The molecule has 1 aromatic heterocycles. The Morgan fingerprint density at radius 1 is 1.32 bits per heavy atom. The second kappa shape index (κ2) is 4.70. The predicted molar refractivity (Wildman–Crippen MR) is 76.2 cm³/mol. The molecule has 0 saturated heterocycles. The lowest BCUT2D eigenvalue weighted by atomic mass is 10.0. The highest BCUT2D eigenvalue weighted by atomic mass is 35.5. The van der Waals surface area contributed by atoms with E-state index in [9.17, 15) is 0 Å². The van der Waals surface area contributed by atoms with Gasteiger partial charge in [0.2, 0.25) is 0 Å². The molecular weight excluding hydrogens is 260 g/mol. The van der Waals surface area contributed by atoms with Crippen LogP contribution < -0.4 is 5.73 Å². The maximum atomic E-state index is 7.45. The van der Waals surface area contributed by atoms with Gasteiger partial charge in [-0.15, -0.1) is 0 Å². The van der Waals surface area contributed by atoms with Crippen molar-refractivity contribution in [3.05, 3.63) is 46.5 Å². The van der Waals surface area contributed by atoms with Gasteiger partial charge in [-0.05, 0) is 43.9 Å². The molecule has 0 amide bonds. The Bertz CT molecular complexity index is 645. The maximum Gasteiger partial charge on any atom is 0.124 e. The summed E-state index contributed by atoms with van der Waals surface area (Å²) >= 11 is 6.17. The molecular formula is C14H15ClN4. The first-order valence-electron chi connectivity index (χ1n) is 6.36. The number of amidine groups is 1. The quantitative estimate of drug-likeness (QED) is 0.653. The number of nitrogens with two attached hydrogens (primary N) is 1. The van der Waals surface area contributed by atoms with Crippen LogP contribution in [0.15, 0.2) is 24.5 Å². The van der Waals surface area contributed by atoms with E-state index in [1.54, 1.807) is 6.07 Å². The highest BCUT2D eigenvalue weighted by molar-refractivity contribution is 6.34. The lowest BCUT2D eigenvalue weighted by molar-refractivity contribution is 0.656. The third kappa shape index (κ3) is 2.12. The van der Waals surface area contributed by atoms with Gasteiger partial charge < -0.3 is 10.3 Å². The molecule has 1 aliphatic rings. The molecule has 98 valence electrons. The van der Waals surface area contributed by atoms with E-state index in [-0.39, 0.29) is 5.84 Å². The molecule has 0 atom stereocenters. The van der Waals surface area contributed by atoms with E-state index in [1.807, 2.05) is 18.5 Å². The molecule has 1 aromatic carbocycles. The van der Waals surface area contributed by atoms with Crippen molar-refractivity contribution in [2.45, 2.75) is 25.7 Å². The van der Waals surface area contributed by atoms with Crippen molar-refractivity contribution in [1.29, 1.82) is 5.41 Å². The van der Waals surface area contributed by atoms with Gasteiger partial charge in [0.25, 0.3) is 0 Å². The summed E-state index contributed by atoms with van der Waals surface area (Å²) in [6.45, 7) is 0. The minimum atomic E-state index is -0.00999. The lowest BCUT2D eigenvalue weighted by Gasteiger charge is -2.14. The third-order valence-corrected chi connectivity index (χ3v) is 3.86. The number of nitrogens with one attached hydrogen (secondary N) is 1. The summed E-state index contributed by atoms with van der Waals surface area (Å²) in [6, 6.07) is 5.56. The molecule has 1 aliphatic carbocycles. The van der Waals surface area contributed by atoms with Crippen LogP contribution in [0.25, 0.3) is 5.69 Å². The fourth-order valence-corrected chi connectivity index (χ4v) is 2.84. The molecule has 4 nitrogen and oxygen atoms in total. The topological polar surface area (TPSA) is 67.7 Å². The Hall–Kier alpha value is -1.81. The molecule has 0 spiro atoms. The molecule has 0 bridgehead atoms. The van der Waals surface area contributed by atoms with Crippen LogP contribution in [0.1, 0.15) is 29.8 Å². The molecule has 19 heavy (non-hydrogen) atoms. The van der Waals surface area contributed by atoms with Crippen molar-refractivity contribution in [1.82, 2.24) is 9.55 Å². The van der Waals surface area contributed by atoms with Crippen molar-refractivity contribution in [3.8, 4) is 5.69 Å². The molecule has 3 N–H and O–H groups in total. The number of aryl methyl sites for hydroxylation is 1. The summed E-state index contributed by atoms with van der Waals surface area (Å²) in [5.41, 5.74) is 9.49. The van der Waals surface area contributed by atoms with Crippen LogP contribution in [0.5, 0.6) is 0 Å². The maximum absolute atomic E-state index is 7.45. The minimum Gasteiger partial charge on any atom is -0.384 e.